The van der Waals surface area contributed by atoms with Gasteiger partial charge in [0.25, 0.3) is 0 Å². The predicted octanol–water partition coefficient (Wildman–Crippen LogP) is 6.90. The van der Waals surface area contributed by atoms with Gasteiger partial charge in [0.05, 0.1) is 5.69 Å². The van der Waals surface area contributed by atoms with Crippen molar-refractivity contribution in [2.75, 3.05) is 11.9 Å². The Bertz CT molecular complexity index is 1250. The third-order valence-electron chi connectivity index (χ3n) is 4.69. The van der Waals surface area contributed by atoms with Gasteiger partial charge < -0.3 is 4.90 Å². The number of pyridine rings is 1. The SMILES string of the molecule is CC.CCc1nc2c(C)cc(Br)cn2c1N(C)c1nc(-c2ccc(F)cc2)c(C#N)s1. The average molecular weight is 500 g/mol. The van der Waals surface area contributed by atoms with E-state index in [2.05, 4.69) is 28.9 Å². The second-order valence-corrected chi connectivity index (χ2v) is 8.52. The molecule has 0 saturated carbocycles. The Morgan fingerprint density at radius 3 is 2.52 bits per heavy atom. The van der Waals surface area contributed by atoms with E-state index in [-0.39, 0.29) is 5.82 Å². The van der Waals surface area contributed by atoms with Crippen molar-refractivity contribution in [2.24, 2.45) is 0 Å². The van der Waals surface area contributed by atoms with Crippen molar-refractivity contribution in [2.45, 2.75) is 34.1 Å². The Labute approximate surface area is 193 Å². The van der Waals surface area contributed by atoms with Gasteiger partial charge in [0.2, 0.25) is 0 Å². The molecule has 1 aromatic carbocycles. The molecule has 0 amide bonds. The highest BCUT2D eigenvalue weighted by atomic mass is 79.9. The number of anilines is 2. The van der Waals surface area contributed by atoms with E-state index in [9.17, 15) is 9.65 Å². The largest absolute Gasteiger partial charge is 0.305 e. The normalized spacial score (nSPS) is 10.5. The number of aryl methyl sites for hydroxylation is 2. The van der Waals surface area contributed by atoms with Crippen molar-refractivity contribution in [3.05, 3.63) is 63.0 Å². The van der Waals surface area contributed by atoms with Gasteiger partial charge in [-0.25, -0.2) is 14.4 Å². The van der Waals surface area contributed by atoms with E-state index < -0.39 is 0 Å². The first kappa shape index (κ1) is 22.9. The summed E-state index contributed by atoms with van der Waals surface area (Å²) in [4.78, 5) is 12.0. The topological polar surface area (TPSA) is 57.2 Å². The molecule has 0 bridgehead atoms. The Kier molecular flexibility index (Phi) is 7.08. The number of hydrogen-bond acceptors (Lipinski definition) is 5. The molecule has 0 N–H and O–H groups in total. The second kappa shape index (κ2) is 9.58. The number of benzene rings is 1. The highest BCUT2D eigenvalue weighted by Gasteiger charge is 2.22. The zero-order valence-electron chi connectivity index (χ0n) is 18.1. The maximum absolute atomic E-state index is 13.3. The quantitative estimate of drug-likeness (QED) is 0.306. The Hall–Kier alpha value is -2.76. The predicted molar refractivity (Wildman–Crippen MR) is 129 cm³/mol. The molecular weight excluding hydrogens is 477 g/mol. The molecule has 0 aliphatic heterocycles. The van der Waals surface area contributed by atoms with Gasteiger partial charge in [-0.3, -0.25) is 4.40 Å². The molecule has 0 saturated heterocycles. The van der Waals surface area contributed by atoms with Gasteiger partial charge in [0, 0.05) is 23.3 Å². The third-order valence-corrected chi connectivity index (χ3v) is 6.16. The summed E-state index contributed by atoms with van der Waals surface area (Å²) in [6, 6.07) is 10.3. The molecule has 5 nitrogen and oxygen atoms in total. The van der Waals surface area contributed by atoms with Crippen molar-refractivity contribution in [1.82, 2.24) is 14.4 Å². The average Bonchev–Trinajstić information content (AvgIpc) is 3.37. The number of halogens is 2. The highest BCUT2D eigenvalue weighted by molar-refractivity contribution is 9.10. The van der Waals surface area contributed by atoms with Crippen LogP contribution in [0, 0.1) is 24.1 Å². The molecule has 0 aliphatic carbocycles. The molecule has 0 radical (unpaired) electrons. The van der Waals surface area contributed by atoms with Crippen molar-refractivity contribution < 1.29 is 4.39 Å². The van der Waals surface area contributed by atoms with Crippen LogP contribution in [0.15, 0.2) is 41.0 Å². The molecule has 3 heterocycles. The Morgan fingerprint density at radius 2 is 1.90 bits per heavy atom. The lowest BCUT2D eigenvalue weighted by Gasteiger charge is -2.17. The van der Waals surface area contributed by atoms with Crippen molar-refractivity contribution in [1.29, 1.82) is 5.26 Å². The van der Waals surface area contributed by atoms with Gasteiger partial charge in [-0.1, -0.05) is 32.1 Å². The zero-order chi connectivity index (χ0) is 22.7. The fourth-order valence-electron chi connectivity index (χ4n) is 3.32. The van der Waals surface area contributed by atoms with E-state index in [0.717, 1.165) is 33.6 Å². The molecule has 0 atom stereocenters. The number of fused-ring (bicyclic) bond motifs is 1. The van der Waals surface area contributed by atoms with Crippen molar-refractivity contribution >= 4 is 43.9 Å². The van der Waals surface area contributed by atoms with Crippen LogP contribution >= 0.6 is 27.3 Å². The summed E-state index contributed by atoms with van der Waals surface area (Å²) in [5.74, 6) is 0.592. The molecule has 3 aromatic heterocycles. The van der Waals surface area contributed by atoms with Crippen LogP contribution in [0.1, 0.15) is 36.9 Å². The van der Waals surface area contributed by atoms with E-state index in [4.69, 9.17) is 9.97 Å². The summed E-state index contributed by atoms with van der Waals surface area (Å²) in [6.45, 7) is 8.09. The van der Waals surface area contributed by atoms with Crippen LogP contribution in [0.25, 0.3) is 16.9 Å². The molecule has 160 valence electrons. The van der Waals surface area contributed by atoms with Crippen LogP contribution in [0.5, 0.6) is 0 Å². The van der Waals surface area contributed by atoms with Gasteiger partial charge in [0.1, 0.15) is 33.9 Å². The standard InChI is InChI=1S/C21H17BrFN5S.C2H6/c1-4-16-20(28-11-14(22)9-12(2)19(28)25-16)27(3)21-26-18(17(10-24)29-21)13-5-7-15(23)8-6-13;1-2/h5-9,11H,4H2,1-3H3;1-2H3. The number of hydrogen-bond donors (Lipinski definition) is 0. The van der Waals surface area contributed by atoms with Crippen LogP contribution in [0.2, 0.25) is 0 Å². The summed E-state index contributed by atoms with van der Waals surface area (Å²) in [5.41, 5.74) is 4.18. The van der Waals surface area contributed by atoms with E-state index in [1.807, 2.05) is 49.4 Å². The van der Waals surface area contributed by atoms with E-state index in [1.165, 1.54) is 23.5 Å². The smallest absolute Gasteiger partial charge is 0.192 e. The number of nitriles is 1. The monoisotopic (exact) mass is 499 g/mol. The minimum atomic E-state index is -0.320. The van der Waals surface area contributed by atoms with E-state index >= 15 is 0 Å². The van der Waals surface area contributed by atoms with Gasteiger partial charge in [-0.05, 0) is 65.2 Å². The van der Waals surface area contributed by atoms with Crippen LogP contribution in [-0.4, -0.2) is 21.4 Å². The number of imidazole rings is 1. The lowest BCUT2D eigenvalue weighted by atomic mass is 10.1. The van der Waals surface area contributed by atoms with Gasteiger partial charge in [-0.15, -0.1) is 0 Å². The lowest BCUT2D eigenvalue weighted by Crippen LogP contribution is -2.13. The maximum atomic E-state index is 13.3. The summed E-state index contributed by atoms with van der Waals surface area (Å²) in [6.07, 6.45) is 2.75. The fourth-order valence-corrected chi connectivity index (χ4v) is 4.71. The minimum Gasteiger partial charge on any atom is -0.305 e. The fraction of sp³-hybridized carbons (Fsp3) is 0.261. The summed E-state index contributed by atoms with van der Waals surface area (Å²) in [7, 11) is 1.92. The Balaban J connectivity index is 0.00000132. The molecule has 31 heavy (non-hydrogen) atoms. The molecule has 4 aromatic rings. The maximum Gasteiger partial charge on any atom is 0.192 e. The molecule has 0 fully saturated rings. The minimum absolute atomic E-state index is 0.320. The summed E-state index contributed by atoms with van der Waals surface area (Å²) in [5, 5.41) is 10.3. The highest BCUT2D eigenvalue weighted by Crippen LogP contribution is 2.37. The van der Waals surface area contributed by atoms with Crippen LogP contribution in [-0.2, 0) is 6.42 Å². The third kappa shape index (κ3) is 4.34. The lowest BCUT2D eigenvalue weighted by molar-refractivity contribution is 0.628. The Morgan fingerprint density at radius 1 is 1.23 bits per heavy atom. The summed E-state index contributed by atoms with van der Waals surface area (Å²) < 4.78 is 16.3. The second-order valence-electron chi connectivity index (χ2n) is 6.62. The van der Waals surface area contributed by atoms with Crippen molar-refractivity contribution in [3.63, 3.8) is 0 Å². The van der Waals surface area contributed by atoms with Gasteiger partial charge in [-0.2, -0.15) is 5.26 Å². The first-order valence-corrected chi connectivity index (χ1v) is 11.6. The molecule has 0 unspecified atom stereocenters. The van der Waals surface area contributed by atoms with Crippen LogP contribution in [0.4, 0.5) is 15.3 Å². The van der Waals surface area contributed by atoms with E-state index in [0.29, 0.717) is 21.3 Å². The van der Waals surface area contributed by atoms with Gasteiger partial charge in [0.15, 0.2) is 5.13 Å². The summed E-state index contributed by atoms with van der Waals surface area (Å²) >= 11 is 4.87. The number of thiazole rings is 1. The number of aromatic nitrogens is 3. The van der Waals surface area contributed by atoms with Crippen LogP contribution < -0.4 is 4.90 Å². The molecular formula is C23H23BrFN5S. The molecule has 0 spiro atoms. The number of rotatable bonds is 4. The molecule has 4 rings (SSSR count). The first-order valence-electron chi connectivity index (χ1n) is 10.0. The first-order chi connectivity index (χ1) is 14.9. The van der Waals surface area contributed by atoms with E-state index in [1.54, 1.807) is 12.1 Å². The molecule has 8 heteroatoms. The van der Waals surface area contributed by atoms with Crippen LogP contribution in [0.3, 0.4) is 0 Å². The zero-order valence-corrected chi connectivity index (χ0v) is 20.5. The number of nitrogens with zero attached hydrogens (tertiary/aromatic N) is 5. The molecule has 0 aliphatic rings. The van der Waals surface area contributed by atoms with Crippen molar-refractivity contribution in [3.8, 4) is 17.3 Å². The van der Waals surface area contributed by atoms with Gasteiger partial charge >= 0.3 is 0 Å².